The lowest BCUT2D eigenvalue weighted by atomic mass is 10.0. The lowest BCUT2D eigenvalue weighted by molar-refractivity contribution is -0.141. The number of carbonyl (C=O) groups is 1. The van der Waals surface area contributed by atoms with Gasteiger partial charge in [-0.05, 0) is 25.2 Å². The molecule has 2 nitrogen and oxygen atoms in total. The molecule has 0 radical (unpaired) electrons. The van der Waals surface area contributed by atoms with Crippen LogP contribution in [-0.4, -0.2) is 19.3 Å². The molecule has 1 aliphatic carbocycles. The van der Waals surface area contributed by atoms with E-state index in [0.29, 0.717) is 19.3 Å². The van der Waals surface area contributed by atoms with Crippen molar-refractivity contribution in [2.45, 2.75) is 38.3 Å². The predicted octanol–water partition coefficient (Wildman–Crippen LogP) is 2.08. The second kappa shape index (κ2) is 4.43. The fourth-order valence-electron chi connectivity index (χ4n) is 1.72. The Morgan fingerprint density at radius 2 is 2.33 bits per heavy atom. The van der Waals surface area contributed by atoms with Crippen molar-refractivity contribution in [2.75, 3.05) is 7.11 Å². The highest BCUT2D eigenvalue weighted by Crippen LogP contribution is 2.31. The summed E-state index contributed by atoms with van der Waals surface area (Å²) < 4.78 is 17.5. The highest BCUT2D eigenvalue weighted by molar-refractivity contribution is 5.69. The fourth-order valence-corrected chi connectivity index (χ4v) is 1.72. The molecule has 0 N–H and O–H groups in total. The van der Waals surface area contributed by atoms with Crippen LogP contribution in [0.2, 0.25) is 0 Å². The molecule has 70 valence electrons. The van der Waals surface area contributed by atoms with Crippen LogP contribution < -0.4 is 0 Å². The summed E-state index contributed by atoms with van der Waals surface area (Å²) >= 11 is 0. The molecule has 0 heterocycles. The van der Waals surface area contributed by atoms with Crippen molar-refractivity contribution in [2.24, 2.45) is 5.92 Å². The highest BCUT2D eigenvalue weighted by Gasteiger charge is 2.26. The van der Waals surface area contributed by atoms with E-state index in [1.54, 1.807) is 0 Å². The van der Waals surface area contributed by atoms with E-state index in [1.807, 2.05) is 0 Å². The van der Waals surface area contributed by atoms with Crippen LogP contribution in [0.4, 0.5) is 4.39 Å². The monoisotopic (exact) mass is 174 g/mol. The molecule has 0 bridgehead atoms. The molecule has 12 heavy (non-hydrogen) atoms. The van der Waals surface area contributed by atoms with Crippen LogP contribution in [-0.2, 0) is 9.53 Å². The molecule has 1 rings (SSSR count). The Balaban J connectivity index is 2.18. The zero-order valence-electron chi connectivity index (χ0n) is 7.38. The third-order valence-electron chi connectivity index (χ3n) is 2.51. The average Bonchev–Trinajstić information content (AvgIpc) is 2.47. The molecule has 0 saturated heterocycles. The maximum Gasteiger partial charge on any atom is 0.305 e. The Hall–Kier alpha value is -0.600. The van der Waals surface area contributed by atoms with Crippen LogP contribution in [0.3, 0.4) is 0 Å². The first-order valence-electron chi connectivity index (χ1n) is 4.45. The lowest BCUT2D eigenvalue weighted by Gasteiger charge is -2.10. The maximum absolute atomic E-state index is 13.0. The van der Waals surface area contributed by atoms with Gasteiger partial charge in [0.15, 0.2) is 0 Å². The number of carbonyl (C=O) groups excluding carboxylic acids is 1. The summed E-state index contributed by atoms with van der Waals surface area (Å²) in [6.07, 6.45) is 2.89. The van der Waals surface area contributed by atoms with Crippen LogP contribution in [0.5, 0.6) is 0 Å². The Morgan fingerprint density at radius 3 is 2.83 bits per heavy atom. The minimum absolute atomic E-state index is 0.101. The number of ether oxygens (including phenoxy) is 1. The van der Waals surface area contributed by atoms with Gasteiger partial charge in [-0.2, -0.15) is 0 Å². The third-order valence-corrected chi connectivity index (χ3v) is 2.51. The van der Waals surface area contributed by atoms with Gasteiger partial charge in [0.05, 0.1) is 7.11 Å². The molecular weight excluding hydrogens is 159 g/mol. The molecule has 0 aliphatic heterocycles. The van der Waals surface area contributed by atoms with E-state index in [-0.39, 0.29) is 11.9 Å². The summed E-state index contributed by atoms with van der Waals surface area (Å²) in [5.41, 5.74) is 0. The van der Waals surface area contributed by atoms with Crippen molar-refractivity contribution in [1.82, 2.24) is 0 Å². The zero-order chi connectivity index (χ0) is 8.97. The van der Waals surface area contributed by atoms with Crippen LogP contribution in [0.1, 0.15) is 32.1 Å². The standard InChI is InChI=1S/C9H15FO2/c1-12-9(11)6-5-7-3-2-4-8(7)10/h7-8H,2-6H2,1H3/t7-,8-/m1/s1. The summed E-state index contributed by atoms with van der Waals surface area (Å²) in [7, 11) is 1.36. The van der Waals surface area contributed by atoms with E-state index >= 15 is 0 Å². The smallest absolute Gasteiger partial charge is 0.305 e. The number of esters is 1. The van der Waals surface area contributed by atoms with Gasteiger partial charge < -0.3 is 4.74 Å². The number of halogens is 1. The predicted molar refractivity (Wildman–Crippen MR) is 43.5 cm³/mol. The molecule has 2 atom stereocenters. The van der Waals surface area contributed by atoms with Crippen molar-refractivity contribution in [1.29, 1.82) is 0 Å². The Labute approximate surface area is 72.1 Å². The molecule has 1 fully saturated rings. The molecule has 0 spiro atoms. The number of rotatable bonds is 3. The normalized spacial score (nSPS) is 28.8. The van der Waals surface area contributed by atoms with Crippen LogP contribution in [0.15, 0.2) is 0 Å². The van der Waals surface area contributed by atoms with Crippen LogP contribution >= 0.6 is 0 Å². The molecule has 1 saturated carbocycles. The summed E-state index contributed by atoms with van der Waals surface area (Å²) in [4.78, 5) is 10.7. The van der Waals surface area contributed by atoms with Gasteiger partial charge in [-0.1, -0.05) is 6.42 Å². The second-order valence-electron chi connectivity index (χ2n) is 3.32. The van der Waals surface area contributed by atoms with Gasteiger partial charge in [0.2, 0.25) is 0 Å². The van der Waals surface area contributed by atoms with E-state index in [9.17, 15) is 9.18 Å². The molecule has 0 aromatic rings. The summed E-state index contributed by atoms with van der Waals surface area (Å²) in [5.74, 6) is -0.127. The minimum atomic E-state index is -0.686. The second-order valence-corrected chi connectivity index (χ2v) is 3.32. The maximum atomic E-state index is 13.0. The summed E-state index contributed by atoms with van der Waals surface area (Å²) in [6.45, 7) is 0. The van der Waals surface area contributed by atoms with Gasteiger partial charge in [-0.15, -0.1) is 0 Å². The van der Waals surface area contributed by atoms with Crippen LogP contribution in [0.25, 0.3) is 0 Å². The summed E-state index contributed by atoms with van der Waals surface area (Å²) in [5, 5.41) is 0. The highest BCUT2D eigenvalue weighted by atomic mass is 19.1. The molecule has 0 aromatic heterocycles. The topological polar surface area (TPSA) is 26.3 Å². The van der Waals surface area contributed by atoms with Gasteiger partial charge in [0, 0.05) is 6.42 Å². The third kappa shape index (κ3) is 2.47. The van der Waals surface area contributed by atoms with Crippen molar-refractivity contribution in [3.05, 3.63) is 0 Å². The van der Waals surface area contributed by atoms with Gasteiger partial charge in [0.1, 0.15) is 6.17 Å². The van der Waals surface area contributed by atoms with E-state index in [2.05, 4.69) is 4.74 Å². The van der Waals surface area contributed by atoms with Crippen molar-refractivity contribution in [3.8, 4) is 0 Å². The molecular formula is C9H15FO2. The number of hydrogen-bond acceptors (Lipinski definition) is 2. The van der Waals surface area contributed by atoms with Gasteiger partial charge in [-0.3, -0.25) is 4.79 Å². The van der Waals surface area contributed by atoms with E-state index in [4.69, 9.17) is 0 Å². The fraction of sp³-hybridized carbons (Fsp3) is 0.889. The SMILES string of the molecule is COC(=O)CC[C@H]1CCC[C@H]1F. The first-order valence-corrected chi connectivity index (χ1v) is 4.45. The quantitative estimate of drug-likeness (QED) is 0.612. The first kappa shape index (κ1) is 9.49. The largest absolute Gasteiger partial charge is 0.469 e. The van der Waals surface area contributed by atoms with Gasteiger partial charge >= 0.3 is 5.97 Å². The zero-order valence-corrected chi connectivity index (χ0v) is 7.38. The molecule has 3 heteroatoms. The molecule has 0 amide bonds. The van der Waals surface area contributed by atoms with E-state index in [0.717, 1.165) is 12.8 Å². The average molecular weight is 174 g/mol. The van der Waals surface area contributed by atoms with Crippen molar-refractivity contribution in [3.63, 3.8) is 0 Å². The molecule has 0 aromatic carbocycles. The first-order chi connectivity index (χ1) is 5.74. The van der Waals surface area contributed by atoms with Gasteiger partial charge in [0.25, 0.3) is 0 Å². The molecule has 1 aliphatic rings. The minimum Gasteiger partial charge on any atom is -0.469 e. The Kier molecular flexibility index (Phi) is 3.50. The van der Waals surface area contributed by atoms with E-state index < -0.39 is 6.17 Å². The number of methoxy groups -OCH3 is 1. The Bertz CT molecular complexity index is 159. The van der Waals surface area contributed by atoms with E-state index in [1.165, 1.54) is 7.11 Å². The number of hydrogen-bond donors (Lipinski definition) is 0. The number of alkyl halides is 1. The lowest BCUT2D eigenvalue weighted by Crippen LogP contribution is -2.11. The summed E-state index contributed by atoms with van der Waals surface area (Å²) in [6, 6.07) is 0. The van der Waals surface area contributed by atoms with Crippen molar-refractivity contribution < 1.29 is 13.9 Å². The van der Waals surface area contributed by atoms with Crippen molar-refractivity contribution >= 4 is 5.97 Å². The van der Waals surface area contributed by atoms with Crippen LogP contribution in [0, 0.1) is 5.92 Å². The molecule has 0 unspecified atom stereocenters. The van der Waals surface area contributed by atoms with Gasteiger partial charge in [-0.25, -0.2) is 4.39 Å². The Morgan fingerprint density at radius 1 is 1.58 bits per heavy atom.